The van der Waals surface area contributed by atoms with Gasteiger partial charge in [-0.25, -0.2) is 4.98 Å². The Kier molecular flexibility index (Phi) is 2.26. The minimum Gasteiger partial charge on any atom is -0.373 e. The average Bonchev–Trinajstić information content (AvgIpc) is 2.92. The molecule has 2 saturated heterocycles. The summed E-state index contributed by atoms with van der Waals surface area (Å²) in [7, 11) is 0. The first-order valence-corrected chi connectivity index (χ1v) is 5.63. The number of pyridine rings is 1. The number of fused-ring (bicyclic) bond motifs is 2. The fourth-order valence-electron chi connectivity index (χ4n) is 2.53. The summed E-state index contributed by atoms with van der Waals surface area (Å²) in [6, 6.07) is 6.08. The minimum atomic E-state index is 0.349. The van der Waals surface area contributed by atoms with Crippen LogP contribution in [0.1, 0.15) is 24.8 Å². The zero-order chi connectivity index (χ0) is 11.0. The van der Waals surface area contributed by atoms with Gasteiger partial charge in [0.05, 0.1) is 23.8 Å². The lowest BCUT2D eigenvalue weighted by Gasteiger charge is -2.20. The van der Waals surface area contributed by atoms with Gasteiger partial charge in [-0.2, -0.15) is 5.26 Å². The summed E-state index contributed by atoms with van der Waals surface area (Å²) >= 11 is 0. The summed E-state index contributed by atoms with van der Waals surface area (Å²) in [4.78, 5) is 4.21. The van der Waals surface area contributed by atoms with E-state index in [4.69, 9.17) is 10.00 Å². The molecule has 3 rings (SSSR count). The van der Waals surface area contributed by atoms with Crippen LogP contribution in [-0.4, -0.2) is 23.2 Å². The van der Waals surface area contributed by atoms with Crippen molar-refractivity contribution >= 4 is 5.82 Å². The van der Waals surface area contributed by atoms with Gasteiger partial charge in [-0.05, 0) is 31.4 Å². The summed E-state index contributed by atoms with van der Waals surface area (Å²) in [5.41, 5.74) is 0.592. The van der Waals surface area contributed by atoms with Gasteiger partial charge in [-0.1, -0.05) is 0 Å². The molecule has 0 amide bonds. The summed E-state index contributed by atoms with van der Waals surface area (Å²) in [5.74, 6) is 0.833. The molecule has 1 aromatic rings. The number of nitrogens with one attached hydrogen (secondary N) is 1. The monoisotopic (exact) mass is 215 g/mol. The van der Waals surface area contributed by atoms with E-state index >= 15 is 0 Å². The average molecular weight is 215 g/mol. The second-order valence-electron chi connectivity index (χ2n) is 4.40. The van der Waals surface area contributed by atoms with E-state index in [-0.39, 0.29) is 0 Å². The Hall–Kier alpha value is -1.60. The van der Waals surface area contributed by atoms with E-state index < -0.39 is 0 Å². The molecule has 2 bridgehead atoms. The van der Waals surface area contributed by atoms with Gasteiger partial charge in [-0.15, -0.1) is 0 Å². The lowest BCUT2D eigenvalue weighted by Crippen LogP contribution is -2.30. The second-order valence-corrected chi connectivity index (χ2v) is 4.40. The lowest BCUT2D eigenvalue weighted by molar-refractivity contribution is 0.102. The Bertz CT molecular complexity index is 423. The van der Waals surface area contributed by atoms with E-state index in [0.29, 0.717) is 23.8 Å². The molecule has 0 radical (unpaired) electrons. The summed E-state index contributed by atoms with van der Waals surface area (Å²) < 4.78 is 5.76. The number of rotatable bonds is 2. The fraction of sp³-hybridized carbons (Fsp3) is 0.500. The van der Waals surface area contributed by atoms with Gasteiger partial charge in [0.2, 0.25) is 0 Å². The third-order valence-electron chi connectivity index (χ3n) is 3.33. The molecule has 2 aliphatic heterocycles. The molecule has 1 aromatic heterocycles. The Labute approximate surface area is 94.2 Å². The van der Waals surface area contributed by atoms with Crippen LogP contribution < -0.4 is 5.32 Å². The standard InChI is InChI=1S/C12H13N3O/c13-6-8-1-4-12(14-7-8)15-10-5-9-2-3-11(10)16-9/h1,4,7,9-11H,2-3,5H2,(H,14,15)/t9-,10+,11-/m0/s1. The highest BCUT2D eigenvalue weighted by Gasteiger charge is 2.40. The molecule has 0 aliphatic carbocycles. The Morgan fingerprint density at radius 2 is 2.38 bits per heavy atom. The molecular formula is C12H13N3O. The van der Waals surface area contributed by atoms with Crippen molar-refractivity contribution in [1.29, 1.82) is 5.26 Å². The largest absolute Gasteiger partial charge is 0.373 e. The van der Waals surface area contributed by atoms with Gasteiger partial charge in [0.25, 0.3) is 0 Å². The van der Waals surface area contributed by atoms with E-state index in [2.05, 4.69) is 16.4 Å². The highest BCUT2D eigenvalue weighted by molar-refractivity contribution is 5.40. The maximum atomic E-state index is 8.67. The predicted octanol–water partition coefficient (Wildman–Crippen LogP) is 1.69. The maximum absolute atomic E-state index is 8.67. The van der Waals surface area contributed by atoms with Crippen molar-refractivity contribution in [3.63, 3.8) is 0 Å². The zero-order valence-corrected chi connectivity index (χ0v) is 8.89. The molecule has 0 unspecified atom stereocenters. The molecule has 16 heavy (non-hydrogen) atoms. The number of nitrogens with zero attached hydrogens (tertiary/aromatic N) is 2. The molecule has 2 fully saturated rings. The van der Waals surface area contributed by atoms with Crippen molar-refractivity contribution in [2.75, 3.05) is 5.32 Å². The van der Waals surface area contributed by atoms with Crippen molar-refractivity contribution in [2.24, 2.45) is 0 Å². The Morgan fingerprint density at radius 3 is 2.94 bits per heavy atom. The quantitative estimate of drug-likeness (QED) is 0.815. The van der Waals surface area contributed by atoms with Gasteiger partial charge < -0.3 is 10.1 Å². The number of ether oxygens (including phenoxy) is 1. The highest BCUT2D eigenvalue weighted by atomic mass is 16.5. The molecule has 0 spiro atoms. The number of hydrogen-bond acceptors (Lipinski definition) is 4. The zero-order valence-electron chi connectivity index (χ0n) is 8.89. The van der Waals surface area contributed by atoms with Crippen molar-refractivity contribution < 1.29 is 4.74 Å². The van der Waals surface area contributed by atoms with Crippen LogP contribution in [0.15, 0.2) is 18.3 Å². The molecule has 0 saturated carbocycles. The van der Waals surface area contributed by atoms with Crippen LogP contribution in [0.5, 0.6) is 0 Å². The van der Waals surface area contributed by atoms with Gasteiger partial charge in [0.1, 0.15) is 11.9 Å². The van der Waals surface area contributed by atoms with Crippen molar-refractivity contribution in [2.45, 2.75) is 37.5 Å². The van der Waals surface area contributed by atoms with Crippen LogP contribution in [0.25, 0.3) is 0 Å². The highest BCUT2D eigenvalue weighted by Crippen LogP contribution is 2.35. The topological polar surface area (TPSA) is 57.9 Å². The molecule has 4 nitrogen and oxygen atoms in total. The predicted molar refractivity (Wildman–Crippen MR) is 58.9 cm³/mol. The first kappa shape index (κ1) is 9.61. The van der Waals surface area contributed by atoms with Crippen LogP contribution in [0.2, 0.25) is 0 Å². The lowest BCUT2D eigenvalue weighted by atomic mass is 9.95. The SMILES string of the molecule is N#Cc1ccc(N[C@@H]2C[C@@H]3CC[C@@H]2O3)nc1. The van der Waals surface area contributed by atoms with Gasteiger partial charge in [0, 0.05) is 6.20 Å². The summed E-state index contributed by atoms with van der Waals surface area (Å²) in [6.45, 7) is 0. The van der Waals surface area contributed by atoms with Crippen LogP contribution in [0, 0.1) is 11.3 Å². The van der Waals surface area contributed by atoms with Gasteiger partial charge in [-0.3, -0.25) is 0 Å². The Morgan fingerprint density at radius 1 is 1.44 bits per heavy atom. The van der Waals surface area contributed by atoms with Gasteiger partial charge >= 0.3 is 0 Å². The molecule has 4 heteroatoms. The van der Waals surface area contributed by atoms with E-state index in [1.807, 2.05) is 6.07 Å². The van der Waals surface area contributed by atoms with E-state index in [9.17, 15) is 0 Å². The van der Waals surface area contributed by atoms with Gasteiger partial charge in [0.15, 0.2) is 0 Å². The van der Waals surface area contributed by atoms with Crippen LogP contribution in [0.4, 0.5) is 5.82 Å². The van der Waals surface area contributed by atoms with Crippen LogP contribution in [-0.2, 0) is 4.74 Å². The molecule has 1 N–H and O–H groups in total. The number of anilines is 1. The van der Waals surface area contributed by atoms with Crippen LogP contribution in [0.3, 0.4) is 0 Å². The molecule has 2 aliphatic rings. The molecule has 0 aromatic carbocycles. The van der Waals surface area contributed by atoms with Crippen molar-refractivity contribution in [3.05, 3.63) is 23.9 Å². The van der Waals surface area contributed by atoms with Crippen molar-refractivity contribution in [3.8, 4) is 6.07 Å². The first-order chi connectivity index (χ1) is 7.85. The summed E-state index contributed by atoms with van der Waals surface area (Å²) in [6.07, 6.45) is 5.81. The first-order valence-electron chi connectivity index (χ1n) is 5.63. The summed E-state index contributed by atoms with van der Waals surface area (Å²) in [5, 5.41) is 12.0. The number of nitriles is 1. The third-order valence-corrected chi connectivity index (χ3v) is 3.33. The fourth-order valence-corrected chi connectivity index (χ4v) is 2.53. The number of hydrogen-bond donors (Lipinski definition) is 1. The minimum absolute atomic E-state index is 0.349. The third kappa shape index (κ3) is 1.63. The molecule has 3 heterocycles. The number of aromatic nitrogens is 1. The van der Waals surface area contributed by atoms with E-state index in [0.717, 1.165) is 18.7 Å². The normalized spacial score (nSPS) is 31.3. The second kappa shape index (κ2) is 3.76. The molecule has 3 atom stereocenters. The smallest absolute Gasteiger partial charge is 0.126 e. The Balaban J connectivity index is 1.68. The molecular weight excluding hydrogens is 202 g/mol. The molecule has 82 valence electrons. The van der Waals surface area contributed by atoms with Crippen LogP contribution >= 0.6 is 0 Å². The van der Waals surface area contributed by atoms with E-state index in [1.54, 1.807) is 12.3 Å². The van der Waals surface area contributed by atoms with E-state index in [1.165, 1.54) is 6.42 Å². The maximum Gasteiger partial charge on any atom is 0.126 e. The van der Waals surface area contributed by atoms with Crippen molar-refractivity contribution in [1.82, 2.24) is 4.98 Å².